The molecular weight excluding hydrogens is 448 g/mol. The molecule has 0 bridgehead atoms. The normalized spacial score (nSPS) is 27.3. The summed E-state index contributed by atoms with van der Waals surface area (Å²) in [5.41, 5.74) is 6.24. The number of nitrogens with one attached hydrogen (secondary N) is 1. The Labute approximate surface area is 207 Å². The molecule has 2 heterocycles. The molecule has 0 spiro atoms. The summed E-state index contributed by atoms with van der Waals surface area (Å²) in [6, 6.07) is 5.30. The van der Waals surface area contributed by atoms with Gasteiger partial charge in [-0.2, -0.15) is 0 Å². The molecule has 1 aromatic rings. The molecule has 1 fully saturated rings. The summed E-state index contributed by atoms with van der Waals surface area (Å²) in [5.74, 6) is 1.41. The number of nitrogens with zero attached hydrogens (tertiary/aromatic N) is 2. The zero-order valence-corrected chi connectivity index (χ0v) is 21.6. The number of fused-ring (bicyclic) bond motifs is 1. The van der Waals surface area contributed by atoms with Gasteiger partial charge in [0.2, 0.25) is 11.8 Å². The third-order valence-corrected chi connectivity index (χ3v) is 7.13. The number of carbonyl (C=O) groups is 2. The first-order valence-electron chi connectivity index (χ1n) is 12.3. The van der Waals surface area contributed by atoms with Crippen molar-refractivity contribution in [2.24, 2.45) is 22.6 Å². The minimum atomic E-state index is -0.518. The zero-order valence-electron chi connectivity index (χ0n) is 21.6. The molecule has 192 valence electrons. The summed E-state index contributed by atoms with van der Waals surface area (Å²) in [4.78, 5) is 32.5. The van der Waals surface area contributed by atoms with Gasteiger partial charge in [-0.05, 0) is 58.6 Å². The monoisotopic (exact) mass is 486 g/mol. The number of hydrogen-bond acceptors (Lipinski definition) is 7. The van der Waals surface area contributed by atoms with Crippen molar-refractivity contribution in [3.05, 3.63) is 23.8 Å². The van der Waals surface area contributed by atoms with Gasteiger partial charge in [0.1, 0.15) is 17.1 Å². The van der Waals surface area contributed by atoms with Crippen LogP contribution in [0.15, 0.2) is 23.2 Å². The van der Waals surface area contributed by atoms with E-state index < -0.39 is 11.1 Å². The maximum atomic E-state index is 13.4. The smallest absolute Gasteiger partial charge is 0.231 e. The maximum absolute atomic E-state index is 13.4. The summed E-state index contributed by atoms with van der Waals surface area (Å²) >= 11 is 0. The van der Waals surface area contributed by atoms with Crippen molar-refractivity contribution in [3.8, 4) is 11.5 Å². The average Bonchev–Trinajstić information content (AvgIpc) is 3.54. The van der Waals surface area contributed by atoms with Gasteiger partial charge in [0, 0.05) is 43.7 Å². The lowest BCUT2D eigenvalue weighted by Gasteiger charge is -2.38. The van der Waals surface area contributed by atoms with Gasteiger partial charge in [0.15, 0.2) is 5.96 Å². The van der Waals surface area contributed by atoms with E-state index in [9.17, 15) is 9.59 Å². The third-order valence-electron chi connectivity index (χ3n) is 7.13. The summed E-state index contributed by atoms with van der Waals surface area (Å²) in [7, 11) is 3.25. The second kappa shape index (κ2) is 9.33. The van der Waals surface area contributed by atoms with Gasteiger partial charge >= 0.3 is 0 Å². The number of carbonyl (C=O) groups excluding carboxylic acids is 2. The first-order valence-corrected chi connectivity index (χ1v) is 12.3. The zero-order chi connectivity index (χ0) is 25.5. The minimum absolute atomic E-state index is 0.00671. The highest BCUT2D eigenvalue weighted by atomic mass is 16.5. The molecule has 0 saturated heterocycles. The van der Waals surface area contributed by atoms with Crippen LogP contribution in [-0.4, -0.2) is 60.7 Å². The van der Waals surface area contributed by atoms with E-state index in [1.807, 2.05) is 45.9 Å². The number of methoxy groups -OCH3 is 2. The second-order valence-electron chi connectivity index (χ2n) is 11.1. The van der Waals surface area contributed by atoms with E-state index in [1.165, 1.54) is 0 Å². The van der Waals surface area contributed by atoms with E-state index in [0.717, 1.165) is 11.3 Å². The molecule has 0 aromatic heterocycles. The lowest BCUT2D eigenvalue weighted by Crippen LogP contribution is -2.55. The first-order chi connectivity index (χ1) is 16.4. The Hall–Kier alpha value is -2.81. The Bertz CT molecular complexity index is 1020. The largest absolute Gasteiger partial charge is 0.497 e. The van der Waals surface area contributed by atoms with Crippen LogP contribution < -0.4 is 20.5 Å². The van der Waals surface area contributed by atoms with Crippen molar-refractivity contribution in [1.82, 2.24) is 10.2 Å². The Morgan fingerprint density at radius 2 is 2.06 bits per heavy atom. The van der Waals surface area contributed by atoms with Crippen LogP contribution in [-0.2, 0) is 14.3 Å². The Morgan fingerprint density at radius 1 is 1.31 bits per heavy atom. The lowest BCUT2D eigenvalue weighted by molar-refractivity contribution is -0.132. The standard InChI is InChI=1S/C26H38N4O5/c1-25(2)14-22(31)30(24(27)29-25)20(9-10-33-5)17-12-18(17)23(32)28-19-13-26(3,4)35-21-11-15(34-6)7-8-16(19)21/h7-8,11,17-20H,9-10,12-14H2,1-6H3,(H2,27,29)(H,28,32)/t17?,18?,19-,20+/m0/s1. The van der Waals surface area contributed by atoms with E-state index in [-0.39, 0.29) is 48.1 Å². The van der Waals surface area contributed by atoms with Gasteiger partial charge in [-0.15, -0.1) is 0 Å². The fourth-order valence-corrected chi connectivity index (χ4v) is 5.42. The molecule has 1 aliphatic carbocycles. The first kappa shape index (κ1) is 25.3. The van der Waals surface area contributed by atoms with Gasteiger partial charge < -0.3 is 25.3 Å². The number of guanidine groups is 1. The number of ether oxygens (including phenoxy) is 3. The molecule has 1 saturated carbocycles. The van der Waals surface area contributed by atoms with Crippen molar-refractivity contribution >= 4 is 17.8 Å². The highest BCUT2D eigenvalue weighted by Gasteiger charge is 2.52. The second-order valence-corrected chi connectivity index (χ2v) is 11.1. The topological polar surface area (TPSA) is 115 Å². The van der Waals surface area contributed by atoms with Crippen LogP contribution in [0.1, 0.15) is 65.0 Å². The molecule has 3 N–H and O–H groups in total. The molecule has 9 nitrogen and oxygen atoms in total. The highest BCUT2D eigenvalue weighted by molar-refractivity contribution is 5.99. The predicted octanol–water partition coefficient (Wildman–Crippen LogP) is 2.78. The Morgan fingerprint density at radius 3 is 2.71 bits per heavy atom. The van der Waals surface area contributed by atoms with Crippen molar-refractivity contribution in [2.75, 3.05) is 20.8 Å². The summed E-state index contributed by atoms with van der Waals surface area (Å²) in [5, 5.41) is 3.25. The quantitative estimate of drug-likeness (QED) is 0.584. The van der Waals surface area contributed by atoms with E-state index in [2.05, 4.69) is 10.3 Å². The minimum Gasteiger partial charge on any atom is -0.497 e. The number of nitrogens with two attached hydrogens (primary N) is 1. The summed E-state index contributed by atoms with van der Waals surface area (Å²) in [6.45, 7) is 8.30. The van der Waals surface area contributed by atoms with Crippen LogP contribution in [0.2, 0.25) is 0 Å². The van der Waals surface area contributed by atoms with Gasteiger partial charge in [-0.3, -0.25) is 14.5 Å². The van der Waals surface area contributed by atoms with Crippen molar-refractivity contribution in [1.29, 1.82) is 0 Å². The fourth-order valence-electron chi connectivity index (χ4n) is 5.42. The van der Waals surface area contributed by atoms with Gasteiger partial charge in [0.25, 0.3) is 0 Å². The maximum Gasteiger partial charge on any atom is 0.231 e. The fraction of sp³-hybridized carbons (Fsp3) is 0.654. The van der Waals surface area contributed by atoms with E-state index in [0.29, 0.717) is 31.6 Å². The molecule has 1 aromatic carbocycles. The van der Waals surface area contributed by atoms with Crippen LogP contribution in [0.25, 0.3) is 0 Å². The predicted molar refractivity (Wildman–Crippen MR) is 132 cm³/mol. The number of hydrogen-bond donors (Lipinski definition) is 2. The molecule has 4 rings (SSSR count). The number of rotatable bonds is 8. The number of benzene rings is 1. The van der Waals surface area contributed by atoms with Gasteiger partial charge in [-0.25, -0.2) is 4.99 Å². The molecule has 2 aliphatic heterocycles. The van der Waals surface area contributed by atoms with Crippen LogP contribution in [0, 0.1) is 11.8 Å². The van der Waals surface area contributed by atoms with E-state index in [1.54, 1.807) is 19.1 Å². The van der Waals surface area contributed by atoms with Crippen molar-refractivity contribution in [3.63, 3.8) is 0 Å². The van der Waals surface area contributed by atoms with Crippen LogP contribution >= 0.6 is 0 Å². The third kappa shape index (κ3) is 5.39. The summed E-state index contributed by atoms with van der Waals surface area (Å²) < 4.78 is 16.8. The lowest BCUT2D eigenvalue weighted by atomic mass is 9.89. The number of amides is 2. The summed E-state index contributed by atoms with van der Waals surface area (Å²) in [6.07, 6.45) is 2.24. The molecular formula is C26H38N4O5. The molecule has 35 heavy (non-hydrogen) atoms. The van der Waals surface area contributed by atoms with Crippen LogP contribution in [0.4, 0.5) is 0 Å². The Kier molecular flexibility index (Phi) is 6.74. The number of aliphatic imine (C=N–C) groups is 1. The van der Waals surface area contributed by atoms with Crippen molar-refractivity contribution in [2.45, 2.75) is 76.6 Å². The molecule has 9 heteroatoms. The van der Waals surface area contributed by atoms with E-state index >= 15 is 0 Å². The average molecular weight is 487 g/mol. The molecule has 2 unspecified atom stereocenters. The SMILES string of the molecule is COCC[C@H](C1CC1C(=O)N[C@H]1CC(C)(C)Oc2cc(OC)ccc21)N1C(=O)CC(C)(C)N=C1N. The van der Waals surface area contributed by atoms with Crippen molar-refractivity contribution < 1.29 is 23.8 Å². The molecule has 0 radical (unpaired) electrons. The molecule has 2 amide bonds. The van der Waals surface area contributed by atoms with Crippen LogP contribution in [0.5, 0.6) is 11.5 Å². The Balaban J connectivity index is 1.50. The molecule has 4 atom stereocenters. The van der Waals surface area contributed by atoms with Crippen LogP contribution in [0.3, 0.4) is 0 Å². The molecule has 3 aliphatic rings. The van der Waals surface area contributed by atoms with Gasteiger partial charge in [-0.1, -0.05) is 0 Å². The van der Waals surface area contributed by atoms with E-state index in [4.69, 9.17) is 19.9 Å². The highest BCUT2D eigenvalue weighted by Crippen LogP contribution is 2.47. The van der Waals surface area contributed by atoms with Gasteiger partial charge in [0.05, 0.1) is 25.1 Å².